The first-order valence-electron chi connectivity index (χ1n) is 4.26. The van der Waals surface area contributed by atoms with E-state index in [1.165, 1.54) is 6.92 Å². The molecule has 0 aromatic carbocycles. The fourth-order valence-electron chi connectivity index (χ4n) is 1.32. The van der Waals surface area contributed by atoms with Crippen molar-refractivity contribution in [1.82, 2.24) is 0 Å². The van der Waals surface area contributed by atoms with E-state index in [2.05, 4.69) is 9.47 Å². The molecular formula is C8H13FO5. The van der Waals surface area contributed by atoms with Crippen molar-refractivity contribution < 1.29 is 28.9 Å². The molecule has 0 aromatic rings. The number of rotatable bonds is 1. The molecule has 14 heavy (non-hydrogen) atoms. The Kier molecular flexibility index (Phi) is 3.41. The van der Waals surface area contributed by atoms with Crippen LogP contribution in [-0.4, -0.2) is 47.0 Å². The average molecular weight is 208 g/mol. The van der Waals surface area contributed by atoms with E-state index in [9.17, 15) is 14.3 Å². The molecule has 1 heterocycles. The molecule has 0 aromatic heterocycles. The number of halogens is 1. The van der Waals surface area contributed by atoms with Gasteiger partial charge in [0.15, 0.2) is 18.6 Å². The van der Waals surface area contributed by atoms with Gasteiger partial charge in [-0.05, 0) is 6.92 Å². The largest absolute Gasteiger partial charge is 0.456 e. The zero-order chi connectivity index (χ0) is 10.9. The van der Waals surface area contributed by atoms with Gasteiger partial charge in [0.2, 0.25) is 0 Å². The van der Waals surface area contributed by atoms with E-state index in [-0.39, 0.29) is 0 Å². The van der Waals surface area contributed by atoms with Gasteiger partial charge in [0.25, 0.3) is 0 Å². The molecule has 0 saturated carbocycles. The predicted molar refractivity (Wildman–Crippen MR) is 43.0 cm³/mol. The molecule has 0 spiro atoms. The van der Waals surface area contributed by atoms with Crippen LogP contribution in [0.15, 0.2) is 0 Å². The lowest BCUT2D eigenvalue weighted by molar-refractivity contribution is -0.265. The molecule has 0 amide bonds. The standard InChI is InChI=1S/C8H13FO5/c1-3-6(11)7(14-4(2)10)5(9)8(12)13-3/h3,5-8,11-12H,1-2H3/t3-,5-,6+,7-,8?/m0/s1. The van der Waals surface area contributed by atoms with Gasteiger partial charge in [0.1, 0.15) is 6.10 Å². The van der Waals surface area contributed by atoms with Crippen LogP contribution in [0.3, 0.4) is 0 Å². The number of hydrogen-bond acceptors (Lipinski definition) is 5. The van der Waals surface area contributed by atoms with E-state index in [4.69, 9.17) is 5.11 Å². The summed E-state index contributed by atoms with van der Waals surface area (Å²) in [5.74, 6) is -0.710. The minimum Gasteiger partial charge on any atom is -0.456 e. The number of alkyl halides is 1. The molecule has 0 bridgehead atoms. The molecule has 6 heteroatoms. The first kappa shape index (κ1) is 11.4. The van der Waals surface area contributed by atoms with E-state index < -0.39 is 36.7 Å². The maximum Gasteiger partial charge on any atom is 0.303 e. The zero-order valence-corrected chi connectivity index (χ0v) is 7.88. The molecule has 5 nitrogen and oxygen atoms in total. The third-order valence-corrected chi connectivity index (χ3v) is 2.06. The Balaban J connectivity index is 2.71. The van der Waals surface area contributed by atoms with E-state index in [1.807, 2.05) is 0 Å². The number of aliphatic hydroxyl groups is 2. The maximum absolute atomic E-state index is 13.2. The monoisotopic (exact) mass is 208 g/mol. The second kappa shape index (κ2) is 4.20. The molecular weight excluding hydrogens is 195 g/mol. The fourth-order valence-corrected chi connectivity index (χ4v) is 1.32. The summed E-state index contributed by atoms with van der Waals surface area (Å²) in [7, 11) is 0. The highest BCUT2D eigenvalue weighted by molar-refractivity contribution is 5.66. The summed E-state index contributed by atoms with van der Waals surface area (Å²) in [6.45, 7) is 2.56. The number of ether oxygens (including phenoxy) is 2. The SMILES string of the molecule is CC(=O)O[C@@H]1[C@H](O)[C@H](C)OC(O)[C@H]1F. The first-order valence-corrected chi connectivity index (χ1v) is 4.26. The first-order chi connectivity index (χ1) is 6.43. The van der Waals surface area contributed by atoms with Gasteiger partial charge in [-0.2, -0.15) is 0 Å². The fraction of sp³-hybridized carbons (Fsp3) is 0.875. The highest BCUT2D eigenvalue weighted by Crippen LogP contribution is 2.24. The summed E-state index contributed by atoms with van der Waals surface area (Å²) in [6.07, 6.45) is -7.01. The van der Waals surface area contributed by atoms with Crippen molar-refractivity contribution in [3.05, 3.63) is 0 Å². The highest BCUT2D eigenvalue weighted by Gasteiger charge is 2.45. The van der Waals surface area contributed by atoms with Gasteiger partial charge in [-0.15, -0.1) is 0 Å². The lowest BCUT2D eigenvalue weighted by Gasteiger charge is -2.37. The normalized spacial score (nSPS) is 43.4. The van der Waals surface area contributed by atoms with Crippen LogP contribution in [0.5, 0.6) is 0 Å². The van der Waals surface area contributed by atoms with Gasteiger partial charge < -0.3 is 19.7 Å². The van der Waals surface area contributed by atoms with Crippen LogP contribution in [0, 0.1) is 0 Å². The van der Waals surface area contributed by atoms with E-state index in [1.54, 1.807) is 0 Å². The average Bonchev–Trinajstić information content (AvgIpc) is 2.09. The molecule has 0 aliphatic carbocycles. The minimum absolute atomic E-state index is 0.710. The molecule has 82 valence electrons. The Bertz CT molecular complexity index is 208. The Hall–Kier alpha value is -0.720. The molecule has 0 radical (unpaired) electrons. The van der Waals surface area contributed by atoms with Gasteiger partial charge in [0, 0.05) is 6.92 Å². The molecule has 1 aliphatic rings. The topological polar surface area (TPSA) is 76.0 Å². The van der Waals surface area contributed by atoms with Gasteiger partial charge in [-0.1, -0.05) is 0 Å². The lowest BCUT2D eigenvalue weighted by atomic mass is 10.0. The predicted octanol–water partition coefficient (Wildman–Crippen LogP) is -0.646. The van der Waals surface area contributed by atoms with Crippen LogP contribution in [0.4, 0.5) is 4.39 Å². The second-order valence-electron chi connectivity index (χ2n) is 3.24. The quantitative estimate of drug-likeness (QED) is 0.560. The summed E-state index contributed by atoms with van der Waals surface area (Å²) in [4.78, 5) is 10.6. The lowest BCUT2D eigenvalue weighted by Crippen LogP contribution is -2.56. The molecule has 1 fully saturated rings. The number of esters is 1. The van der Waals surface area contributed by atoms with Crippen LogP contribution < -0.4 is 0 Å². The van der Waals surface area contributed by atoms with Crippen LogP contribution in [-0.2, 0) is 14.3 Å². The maximum atomic E-state index is 13.2. The van der Waals surface area contributed by atoms with Crippen molar-refractivity contribution >= 4 is 5.97 Å². The third kappa shape index (κ3) is 2.20. The van der Waals surface area contributed by atoms with Crippen molar-refractivity contribution in [2.75, 3.05) is 0 Å². The molecule has 2 N–H and O–H groups in total. The number of aliphatic hydroxyl groups excluding tert-OH is 2. The Morgan fingerprint density at radius 3 is 2.57 bits per heavy atom. The van der Waals surface area contributed by atoms with Gasteiger partial charge >= 0.3 is 5.97 Å². The number of hydrogen-bond donors (Lipinski definition) is 2. The van der Waals surface area contributed by atoms with E-state index >= 15 is 0 Å². The van der Waals surface area contributed by atoms with Crippen molar-refractivity contribution in [2.45, 2.75) is 44.6 Å². The van der Waals surface area contributed by atoms with Crippen LogP contribution in [0.25, 0.3) is 0 Å². The summed E-state index contributed by atoms with van der Waals surface area (Å²) in [5, 5.41) is 18.5. The van der Waals surface area contributed by atoms with Crippen molar-refractivity contribution in [3.63, 3.8) is 0 Å². The van der Waals surface area contributed by atoms with Crippen molar-refractivity contribution in [1.29, 1.82) is 0 Å². The molecule has 1 saturated heterocycles. The summed E-state index contributed by atoms with van der Waals surface area (Å²) < 4.78 is 22.4. The van der Waals surface area contributed by atoms with Gasteiger partial charge in [-0.25, -0.2) is 4.39 Å². The number of carbonyl (C=O) groups is 1. The Morgan fingerprint density at radius 2 is 2.07 bits per heavy atom. The Labute approximate surface area is 80.4 Å². The molecule has 5 atom stereocenters. The molecule has 1 rings (SSSR count). The van der Waals surface area contributed by atoms with Crippen LogP contribution >= 0.6 is 0 Å². The summed E-state index contributed by atoms with van der Waals surface area (Å²) in [6, 6.07) is 0. The Morgan fingerprint density at radius 1 is 1.50 bits per heavy atom. The van der Waals surface area contributed by atoms with E-state index in [0.29, 0.717) is 0 Å². The third-order valence-electron chi connectivity index (χ3n) is 2.06. The van der Waals surface area contributed by atoms with Gasteiger partial charge in [-0.3, -0.25) is 4.79 Å². The van der Waals surface area contributed by atoms with Crippen LogP contribution in [0.2, 0.25) is 0 Å². The zero-order valence-electron chi connectivity index (χ0n) is 7.88. The van der Waals surface area contributed by atoms with Crippen LogP contribution in [0.1, 0.15) is 13.8 Å². The summed E-state index contributed by atoms with van der Waals surface area (Å²) >= 11 is 0. The van der Waals surface area contributed by atoms with E-state index in [0.717, 1.165) is 6.92 Å². The molecule has 1 aliphatic heterocycles. The van der Waals surface area contributed by atoms with Gasteiger partial charge in [0.05, 0.1) is 6.10 Å². The van der Waals surface area contributed by atoms with Crippen molar-refractivity contribution in [3.8, 4) is 0 Å². The molecule has 1 unspecified atom stereocenters. The second-order valence-corrected chi connectivity index (χ2v) is 3.24. The summed E-state index contributed by atoms with van der Waals surface area (Å²) in [5.41, 5.74) is 0. The minimum atomic E-state index is -1.93. The van der Waals surface area contributed by atoms with Crippen molar-refractivity contribution in [2.24, 2.45) is 0 Å². The number of carbonyl (C=O) groups excluding carboxylic acids is 1. The smallest absolute Gasteiger partial charge is 0.303 e. The highest BCUT2D eigenvalue weighted by atomic mass is 19.1.